The Hall–Kier alpha value is -1.95. The molecule has 0 spiro atoms. The van der Waals surface area contributed by atoms with Gasteiger partial charge in [0.05, 0.1) is 36.2 Å². The second kappa shape index (κ2) is 20.1. The van der Waals surface area contributed by atoms with E-state index in [0.717, 1.165) is 6.54 Å². The normalized spacial score (nSPS) is 40.1. The van der Waals surface area contributed by atoms with Crippen LogP contribution in [0.15, 0.2) is 0 Å². The maximum atomic E-state index is 14.0. The first-order valence-corrected chi connectivity index (χ1v) is 18.8. The van der Waals surface area contributed by atoms with Gasteiger partial charge in [-0.05, 0) is 82.1 Å². The topological polar surface area (TPSA) is 189 Å². The Balaban J connectivity index is 2.69. The highest BCUT2D eigenvalue weighted by atomic mass is 16.7. The number of likely N-dealkylation sites (N-methyl/N-ethyl adjacent to an activating group) is 2. The molecule has 15 heteroatoms. The molecule has 2 fully saturated rings. The van der Waals surface area contributed by atoms with Gasteiger partial charge in [0, 0.05) is 44.6 Å². The van der Waals surface area contributed by atoms with Crippen LogP contribution >= 0.6 is 0 Å². The molecular formula is C37H70N4O11. The number of methoxy groups -OCH3 is 1. The van der Waals surface area contributed by atoms with Crippen molar-refractivity contribution in [3.63, 3.8) is 0 Å². The van der Waals surface area contributed by atoms with Crippen molar-refractivity contribution in [1.29, 1.82) is 0 Å². The van der Waals surface area contributed by atoms with Gasteiger partial charge in [0.1, 0.15) is 30.0 Å². The maximum absolute atomic E-state index is 14.0. The first-order chi connectivity index (χ1) is 24.1. The predicted molar refractivity (Wildman–Crippen MR) is 195 cm³/mol. The summed E-state index contributed by atoms with van der Waals surface area (Å²) in [4.78, 5) is 45.0. The molecule has 5 N–H and O–H groups in total. The minimum absolute atomic E-state index is 0.0194. The molecule has 2 aliphatic heterocycles. The van der Waals surface area contributed by atoms with E-state index >= 15 is 0 Å². The summed E-state index contributed by atoms with van der Waals surface area (Å²) in [5, 5.41) is 40.3. The molecule has 52 heavy (non-hydrogen) atoms. The van der Waals surface area contributed by atoms with E-state index in [1.54, 1.807) is 41.5 Å². The molecule has 2 rings (SSSR count). The van der Waals surface area contributed by atoms with E-state index in [2.05, 4.69) is 10.6 Å². The van der Waals surface area contributed by atoms with Crippen LogP contribution in [0, 0.1) is 17.8 Å². The lowest BCUT2D eigenvalue weighted by Gasteiger charge is -2.48. The SMILES string of the molecule is CC[C@H]1OC(=O)[C@H](C)[C@@H](OC(=O)CCNCCN(C)C)[C@H](C)[C@@H](O[C@@H]2O[C@H](C)C[C@H](N(C)C)[C@H]2O)[C@](C)(OC)C[C@@H](C)C(=O)N[C@H](C)[C@@H](O)[C@]1(C)O. The van der Waals surface area contributed by atoms with E-state index < -0.39 is 89.7 Å². The average Bonchev–Trinajstić information content (AvgIpc) is 3.07. The summed E-state index contributed by atoms with van der Waals surface area (Å²) in [7, 11) is 9.13. The van der Waals surface area contributed by atoms with Gasteiger partial charge in [-0.3, -0.25) is 14.4 Å². The van der Waals surface area contributed by atoms with Crippen LogP contribution in [0.4, 0.5) is 0 Å². The smallest absolute Gasteiger partial charge is 0.312 e. The quantitative estimate of drug-likeness (QED) is 0.140. The molecule has 0 radical (unpaired) electrons. The molecular weight excluding hydrogens is 676 g/mol. The summed E-state index contributed by atoms with van der Waals surface area (Å²) < 4.78 is 31.1. The average molecular weight is 747 g/mol. The van der Waals surface area contributed by atoms with Crippen LogP contribution in [0.1, 0.15) is 81.1 Å². The highest BCUT2D eigenvalue weighted by molar-refractivity contribution is 5.79. The van der Waals surface area contributed by atoms with Crippen LogP contribution < -0.4 is 10.6 Å². The fraction of sp³-hybridized carbons (Fsp3) is 0.919. The molecule has 304 valence electrons. The molecule has 2 aliphatic rings. The Morgan fingerprint density at radius 1 is 1.06 bits per heavy atom. The summed E-state index contributed by atoms with van der Waals surface area (Å²) in [6.07, 6.45) is -6.48. The molecule has 0 aliphatic carbocycles. The number of nitrogens with zero attached hydrogens (tertiary/aromatic N) is 2. The number of hydrogen-bond acceptors (Lipinski definition) is 14. The number of hydrogen-bond donors (Lipinski definition) is 5. The van der Waals surface area contributed by atoms with E-state index in [0.29, 0.717) is 19.5 Å². The second-order valence-corrected chi connectivity index (χ2v) is 16.0. The Kier molecular flexibility index (Phi) is 17.9. The molecule has 1 amide bonds. The van der Waals surface area contributed by atoms with Gasteiger partial charge in [0.25, 0.3) is 0 Å². The zero-order valence-corrected chi connectivity index (χ0v) is 33.9. The Bertz CT molecular complexity index is 1140. The summed E-state index contributed by atoms with van der Waals surface area (Å²) in [6, 6.07) is -1.21. The molecule has 0 bridgehead atoms. The Labute approximate surface area is 311 Å². The van der Waals surface area contributed by atoms with Crippen molar-refractivity contribution in [2.24, 2.45) is 17.8 Å². The van der Waals surface area contributed by atoms with E-state index in [1.807, 2.05) is 44.9 Å². The number of rotatable bonds is 12. The molecule has 0 aromatic carbocycles. The summed E-state index contributed by atoms with van der Waals surface area (Å²) >= 11 is 0. The van der Waals surface area contributed by atoms with Crippen molar-refractivity contribution < 1.29 is 53.4 Å². The first-order valence-electron chi connectivity index (χ1n) is 18.8. The lowest BCUT2D eigenvalue weighted by Crippen LogP contribution is -2.60. The fourth-order valence-corrected chi connectivity index (χ4v) is 7.45. The largest absolute Gasteiger partial charge is 0.461 e. The number of aliphatic hydroxyl groups is 3. The lowest BCUT2D eigenvalue weighted by atomic mass is 9.77. The number of esters is 2. The lowest BCUT2D eigenvalue weighted by molar-refractivity contribution is -0.301. The summed E-state index contributed by atoms with van der Waals surface area (Å²) in [5.74, 6) is -4.32. The van der Waals surface area contributed by atoms with Crippen LogP contribution in [0.2, 0.25) is 0 Å². The predicted octanol–water partition coefficient (Wildman–Crippen LogP) is 0.906. The number of ether oxygens (including phenoxy) is 5. The highest BCUT2D eigenvalue weighted by Crippen LogP contribution is 2.39. The van der Waals surface area contributed by atoms with E-state index in [1.165, 1.54) is 14.0 Å². The van der Waals surface area contributed by atoms with Gasteiger partial charge in [-0.1, -0.05) is 20.8 Å². The molecule has 0 saturated carbocycles. The number of carbonyl (C=O) groups excluding carboxylic acids is 3. The Morgan fingerprint density at radius 3 is 2.25 bits per heavy atom. The molecule has 14 atom stereocenters. The summed E-state index contributed by atoms with van der Waals surface area (Å²) in [6.45, 7) is 15.1. The molecule has 2 saturated heterocycles. The zero-order valence-electron chi connectivity index (χ0n) is 33.9. The van der Waals surface area contributed by atoms with E-state index in [4.69, 9.17) is 23.7 Å². The molecule has 2 heterocycles. The number of amides is 1. The molecule has 15 nitrogen and oxygen atoms in total. The van der Waals surface area contributed by atoms with Crippen molar-refractivity contribution in [2.75, 3.05) is 54.9 Å². The third kappa shape index (κ3) is 12.0. The minimum atomic E-state index is -1.95. The molecule has 0 aromatic heterocycles. The van der Waals surface area contributed by atoms with Crippen molar-refractivity contribution in [2.45, 2.75) is 147 Å². The molecule has 0 aromatic rings. The molecule has 0 unspecified atom stereocenters. The fourth-order valence-electron chi connectivity index (χ4n) is 7.45. The van der Waals surface area contributed by atoms with Gasteiger partial charge >= 0.3 is 11.9 Å². The maximum Gasteiger partial charge on any atom is 0.312 e. The number of carbonyl (C=O) groups is 3. The zero-order chi connectivity index (χ0) is 39.7. The van der Waals surface area contributed by atoms with Crippen LogP contribution in [-0.2, 0) is 38.1 Å². The van der Waals surface area contributed by atoms with E-state index in [-0.39, 0.29) is 31.4 Å². The third-order valence-electron chi connectivity index (χ3n) is 10.9. The van der Waals surface area contributed by atoms with E-state index in [9.17, 15) is 29.7 Å². The minimum Gasteiger partial charge on any atom is -0.461 e. The van der Waals surface area contributed by atoms with Gasteiger partial charge in [0.15, 0.2) is 6.29 Å². The Morgan fingerprint density at radius 2 is 1.69 bits per heavy atom. The van der Waals surface area contributed by atoms with Gasteiger partial charge in [-0.25, -0.2) is 0 Å². The summed E-state index contributed by atoms with van der Waals surface area (Å²) in [5.41, 5.74) is -3.22. The third-order valence-corrected chi connectivity index (χ3v) is 10.9. The van der Waals surface area contributed by atoms with Gasteiger partial charge in [0.2, 0.25) is 5.91 Å². The number of aliphatic hydroxyl groups excluding tert-OH is 2. The first kappa shape index (κ1) is 46.2. The standard InChI is InChI=1S/C37H70N4O11/c1-14-27-37(8,47)31(44)25(6)39-33(45)21(2)20-36(7,48-13)32(52-35-29(43)26(41(11)12)19-22(3)49-35)23(4)30(24(5)34(46)50-27)51-28(42)15-16-38-17-18-40(9)10/h21-27,29-32,35,38,43-44,47H,14-20H2,1-13H3,(H,39,45)/t21-,22-,23+,24-,25-,26+,27-,29-,30+,31-,32-,35+,36-,37-/m1/s1. The van der Waals surface area contributed by atoms with Crippen molar-refractivity contribution in [3.8, 4) is 0 Å². The van der Waals surface area contributed by atoms with Crippen LogP contribution in [0.5, 0.6) is 0 Å². The van der Waals surface area contributed by atoms with Crippen LogP contribution in [0.25, 0.3) is 0 Å². The monoisotopic (exact) mass is 747 g/mol. The van der Waals surface area contributed by atoms with Gasteiger partial charge in [-0.15, -0.1) is 0 Å². The van der Waals surface area contributed by atoms with Gasteiger partial charge < -0.3 is 59.4 Å². The number of nitrogens with one attached hydrogen (secondary N) is 2. The van der Waals surface area contributed by atoms with Crippen molar-refractivity contribution >= 4 is 17.8 Å². The van der Waals surface area contributed by atoms with Crippen LogP contribution in [0.3, 0.4) is 0 Å². The van der Waals surface area contributed by atoms with Crippen molar-refractivity contribution in [3.05, 3.63) is 0 Å². The van der Waals surface area contributed by atoms with Crippen LogP contribution in [-0.4, -0.2) is 164 Å². The number of cyclic esters (lactones) is 1. The van der Waals surface area contributed by atoms with Gasteiger partial charge in [-0.2, -0.15) is 0 Å². The second-order valence-electron chi connectivity index (χ2n) is 16.0. The van der Waals surface area contributed by atoms with Crippen molar-refractivity contribution in [1.82, 2.24) is 20.4 Å². The highest BCUT2D eigenvalue weighted by Gasteiger charge is 2.52.